The molecule has 0 saturated heterocycles. The zero-order valence-electron chi connectivity index (χ0n) is 19.5. The number of phenolic OH excluding ortho intramolecular Hbond substituents is 2. The van der Waals surface area contributed by atoms with Crippen LogP contribution >= 0.6 is 0 Å². The topological polar surface area (TPSA) is 40.5 Å². The van der Waals surface area contributed by atoms with Crippen molar-refractivity contribution >= 4 is 0 Å². The lowest BCUT2D eigenvalue weighted by Crippen LogP contribution is -1.99. The molecule has 3 rings (SSSR count). The average molecular weight is 403 g/mol. The summed E-state index contributed by atoms with van der Waals surface area (Å²) in [6.07, 6.45) is 0. The summed E-state index contributed by atoms with van der Waals surface area (Å²) < 4.78 is 0. The lowest BCUT2D eigenvalue weighted by Gasteiger charge is -2.21. The molecule has 0 atom stereocenters. The third-order valence-corrected chi connectivity index (χ3v) is 6.24. The smallest absolute Gasteiger partial charge is 0.122 e. The molecule has 0 aliphatic rings. The number of hydrogen-bond acceptors (Lipinski definition) is 2. The normalized spacial score (nSPS) is 11.5. The molecule has 3 aromatic carbocycles. The van der Waals surface area contributed by atoms with Crippen molar-refractivity contribution in [3.63, 3.8) is 0 Å². The molecule has 30 heavy (non-hydrogen) atoms. The van der Waals surface area contributed by atoms with Crippen LogP contribution < -0.4 is 0 Å². The maximum Gasteiger partial charge on any atom is 0.122 e. The van der Waals surface area contributed by atoms with Crippen LogP contribution in [0.15, 0.2) is 36.4 Å². The van der Waals surface area contributed by atoms with Crippen LogP contribution in [0.5, 0.6) is 11.5 Å². The first-order valence-electron chi connectivity index (χ1n) is 10.8. The van der Waals surface area contributed by atoms with Gasteiger partial charge >= 0.3 is 0 Å². The van der Waals surface area contributed by atoms with Gasteiger partial charge in [0.2, 0.25) is 0 Å². The van der Waals surface area contributed by atoms with E-state index in [1.165, 1.54) is 11.1 Å². The SMILES string of the molecule is Cc1cc(C(C)C)c(-c2ccc(-c3c(C(C)C)cc(C)c(O)c3C)cc2)c(C)c1O. The number of aromatic hydroxyl groups is 2. The van der Waals surface area contributed by atoms with Gasteiger partial charge in [0.05, 0.1) is 0 Å². The molecule has 0 heterocycles. The number of hydrogen-bond donors (Lipinski definition) is 2. The molecule has 2 N–H and O–H groups in total. The largest absolute Gasteiger partial charge is 0.507 e. The number of rotatable bonds is 4. The highest BCUT2D eigenvalue weighted by Crippen LogP contribution is 2.42. The van der Waals surface area contributed by atoms with Crippen molar-refractivity contribution in [3.8, 4) is 33.8 Å². The lowest BCUT2D eigenvalue weighted by molar-refractivity contribution is 0.466. The molecule has 2 heteroatoms. The summed E-state index contributed by atoms with van der Waals surface area (Å²) in [5.74, 6) is 1.47. The molecule has 0 amide bonds. The fourth-order valence-corrected chi connectivity index (χ4v) is 4.49. The Kier molecular flexibility index (Phi) is 5.99. The second-order valence-corrected chi connectivity index (χ2v) is 9.15. The molecule has 0 fully saturated rings. The Hall–Kier alpha value is -2.74. The van der Waals surface area contributed by atoms with Gasteiger partial charge in [0.15, 0.2) is 0 Å². The second-order valence-electron chi connectivity index (χ2n) is 9.15. The van der Waals surface area contributed by atoms with Crippen molar-refractivity contribution in [1.82, 2.24) is 0 Å². The Balaban J connectivity index is 2.19. The quantitative estimate of drug-likeness (QED) is 0.465. The van der Waals surface area contributed by atoms with E-state index in [1.54, 1.807) is 0 Å². The zero-order chi connectivity index (χ0) is 22.3. The van der Waals surface area contributed by atoms with Crippen molar-refractivity contribution in [2.45, 2.75) is 67.2 Å². The number of phenols is 2. The van der Waals surface area contributed by atoms with Crippen molar-refractivity contribution in [3.05, 3.63) is 69.8 Å². The maximum absolute atomic E-state index is 10.5. The summed E-state index contributed by atoms with van der Waals surface area (Å²) in [6, 6.07) is 12.8. The van der Waals surface area contributed by atoms with Crippen molar-refractivity contribution in [2.24, 2.45) is 0 Å². The van der Waals surface area contributed by atoms with Gasteiger partial charge in [-0.2, -0.15) is 0 Å². The first kappa shape index (κ1) is 22.0. The highest BCUT2D eigenvalue weighted by Gasteiger charge is 2.19. The Morgan fingerprint density at radius 3 is 1.13 bits per heavy atom. The Morgan fingerprint density at radius 1 is 0.567 bits per heavy atom. The molecule has 0 unspecified atom stereocenters. The van der Waals surface area contributed by atoms with Gasteiger partial charge in [-0.15, -0.1) is 0 Å². The summed E-state index contributed by atoms with van der Waals surface area (Å²) >= 11 is 0. The van der Waals surface area contributed by atoms with Gasteiger partial charge in [0.25, 0.3) is 0 Å². The van der Waals surface area contributed by atoms with E-state index in [0.29, 0.717) is 23.3 Å². The average Bonchev–Trinajstić information content (AvgIpc) is 2.70. The summed E-state index contributed by atoms with van der Waals surface area (Å²) in [5.41, 5.74) is 10.7. The molecule has 0 aliphatic carbocycles. The van der Waals surface area contributed by atoms with Crippen molar-refractivity contribution < 1.29 is 10.2 Å². The minimum atomic E-state index is 0.363. The Bertz CT molecular complexity index is 999. The Morgan fingerprint density at radius 2 is 0.867 bits per heavy atom. The van der Waals surface area contributed by atoms with E-state index < -0.39 is 0 Å². The van der Waals surface area contributed by atoms with Crippen LogP contribution in [-0.4, -0.2) is 10.2 Å². The number of aryl methyl sites for hydroxylation is 2. The van der Waals surface area contributed by atoms with Crippen LogP contribution in [0.4, 0.5) is 0 Å². The summed E-state index contributed by atoms with van der Waals surface area (Å²) in [5, 5.41) is 21.1. The fraction of sp³-hybridized carbons (Fsp3) is 0.357. The van der Waals surface area contributed by atoms with Gasteiger partial charge in [-0.05, 0) is 95.2 Å². The minimum absolute atomic E-state index is 0.363. The molecule has 0 spiro atoms. The minimum Gasteiger partial charge on any atom is -0.507 e. The van der Waals surface area contributed by atoms with Crippen LogP contribution in [0.3, 0.4) is 0 Å². The maximum atomic E-state index is 10.5. The van der Waals surface area contributed by atoms with Gasteiger partial charge in [-0.3, -0.25) is 0 Å². The van der Waals surface area contributed by atoms with Gasteiger partial charge < -0.3 is 10.2 Å². The van der Waals surface area contributed by atoms with Crippen LogP contribution in [-0.2, 0) is 0 Å². The van der Waals surface area contributed by atoms with E-state index >= 15 is 0 Å². The molecular weight excluding hydrogens is 368 g/mol. The predicted octanol–water partition coefficient (Wildman–Crippen LogP) is 7.91. The summed E-state index contributed by atoms with van der Waals surface area (Å²) in [6.45, 7) is 16.7. The molecule has 0 bridgehead atoms. The van der Waals surface area contributed by atoms with Gasteiger partial charge in [-0.25, -0.2) is 0 Å². The van der Waals surface area contributed by atoms with Gasteiger partial charge in [0, 0.05) is 0 Å². The lowest BCUT2D eigenvalue weighted by atomic mass is 9.84. The van der Waals surface area contributed by atoms with Crippen molar-refractivity contribution in [2.75, 3.05) is 0 Å². The van der Waals surface area contributed by atoms with Crippen LogP contribution in [0, 0.1) is 27.7 Å². The van der Waals surface area contributed by atoms with Crippen molar-refractivity contribution in [1.29, 1.82) is 0 Å². The zero-order valence-corrected chi connectivity index (χ0v) is 19.5. The van der Waals surface area contributed by atoms with E-state index in [0.717, 1.165) is 44.5 Å². The van der Waals surface area contributed by atoms with Gasteiger partial charge in [-0.1, -0.05) is 64.1 Å². The monoisotopic (exact) mass is 402 g/mol. The Labute approximate surface area is 181 Å². The highest BCUT2D eigenvalue weighted by molar-refractivity contribution is 5.80. The first-order valence-corrected chi connectivity index (χ1v) is 10.8. The third kappa shape index (κ3) is 3.71. The predicted molar refractivity (Wildman–Crippen MR) is 128 cm³/mol. The third-order valence-electron chi connectivity index (χ3n) is 6.24. The standard InChI is InChI=1S/C28H34O2/c1-15(2)23-13-17(5)27(29)19(7)25(23)21-9-11-22(12-10-21)26-20(8)28(30)18(6)14-24(26)16(3)4/h9-16,29-30H,1-8H3. The molecule has 0 radical (unpaired) electrons. The molecular formula is C28H34O2. The van der Waals surface area contributed by atoms with Crippen LogP contribution in [0.25, 0.3) is 22.3 Å². The molecule has 3 aromatic rings. The highest BCUT2D eigenvalue weighted by atomic mass is 16.3. The molecule has 2 nitrogen and oxygen atoms in total. The molecule has 158 valence electrons. The second kappa shape index (κ2) is 8.18. The van der Waals surface area contributed by atoms with E-state index in [-0.39, 0.29) is 0 Å². The summed E-state index contributed by atoms with van der Waals surface area (Å²) in [7, 11) is 0. The van der Waals surface area contributed by atoms with E-state index in [9.17, 15) is 10.2 Å². The van der Waals surface area contributed by atoms with Crippen LogP contribution in [0.2, 0.25) is 0 Å². The number of benzene rings is 3. The fourth-order valence-electron chi connectivity index (χ4n) is 4.49. The van der Waals surface area contributed by atoms with Crippen LogP contribution in [0.1, 0.15) is 72.9 Å². The molecule has 0 aromatic heterocycles. The van der Waals surface area contributed by atoms with E-state index in [4.69, 9.17) is 0 Å². The first-order chi connectivity index (χ1) is 14.0. The van der Waals surface area contributed by atoms with Gasteiger partial charge in [0.1, 0.15) is 11.5 Å². The molecule has 0 saturated carbocycles. The van der Waals surface area contributed by atoms with E-state index in [1.807, 2.05) is 27.7 Å². The van der Waals surface area contributed by atoms with E-state index in [2.05, 4.69) is 64.1 Å². The summed E-state index contributed by atoms with van der Waals surface area (Å²) in [4.78, 5) is 0. The molecule has 0 aliphatic heterocycles.